The topological polar surface area (TPSA) is 40.5 Å². The fourth-order valence-corrected chi connectivity index (χ4v) is 4.43. The van der Waals surface area contributed by atoms with Crippen LogP contribution in [0.25, 0.3) is 0 Å². The average Bonchev–Trinajstić information content (AvgIpc) is 2.68. The lowest BCUT2D eigenvalue weighted by atomic mass is 9.70. The summed E-state index contributed by atoms with van der Waals surface area (Å²) in [5.74, 6) is 1.31. The minimum Gasteiger partial charge on any atom is -0.388 e. The second-order valence-corrected chi connectivity index (χ2v) is 7.79. The fourth-order valence-electron chi connectivity index (χ4n) is 4.43. The zero-order valence-electron chi connectivity index (χ0n) is 15.1. The SMILES string of the molecule is O=C(C1CC(c2ccccc2)C1)N1CCC([C@H](O)c2ccccc2)CC1. The summed E-state index contributed by atoms with van der Waals surface area (Å²) < 4.78 is 0. The lowest BCUT2D eigenvalue weighted by Crippen LogP contribution is -2.45. The number of carbonyl (C=O) groups excluding carboxylic acids is 1. The van der Waals surface area contributed by atoms with Gasteiger partial charge in [0, 0.05) is 19.0 Å². The molecule has 1 saturated carbocycles. The van der Waals surface area contributed by atoms with Crippen molar-refractivity contribution in [1.29, 1.82) is 0 Å². The molecular formula is C23H27NO2. The second-order valence-electron chi connectivity index (χ2n) is 7.79. The average molecular weight is 349 g/mol. The molecule has 0 bridgehead atoms. The van der Waals surface area contributed by atoms with Crippen LogP contribution in [0.15, 0.2) is 60.7 Å². The van der Waals surface area contributed by atoms with Crippen LogP contribution in [0, 0.1) is 11.8 Å². The third-order valence-corrected chi connectivity index (χ3v) is 6.20. The van der Waals surface area contributed by atoms with E-state index in [-0.39, 0.29) is 11.8 Å². The lowest BCUT2D eigenvalue weighted by Gasteiger charge is -2.41. The Kier molecular flexibility index (Phi) is 5.07. The van der Waals surface area contributed by atoms with Crippen molar-refractivity contribution in [2.45, 2.75) is 37.7 Å². The molecule has 1 N–H and O–H groups in total. The van der Waals surface area contributed by atoms with Crippen molar-refractivity contribution in [3.05, 3.63) is 71.8 Å². The summed E-state index contributed by atoms with van der Waals surface area (Å²) in [5.41, 5.74) is 2.35. The first-order valence-corrected chi connectivity index (χ1v) is 9.79. The molecule has 2 aromatic rings. The van der Waals surface area contributed by atoms with Gasteiger partial charge in [-0.1, -0.05) is 60.7 Å². The van der Waals surface area contributed by atoms with Gasteiger partial charge in [-0.3, -0.25) is 4.79 Å². The largest absolute Gasteiger partial charge is 0.388 e. The van der Waals surface area contributed by atoms with Crippen LogP contribution in [0.5, 0.6) is 0 Å². The molecule has 1 heterocycles. The third kappa shape index (κ3) is 3.54. The molecule has 1 aliphatic heterocycles. The van der Waals surface area contributed by atoms with Gasteiger partial charge in [0.25, 0.3) is 0 Å². The zero-order chi connectivity index (χ0) is 17.9. The molecule has 0 unspecified atom stereocenters. The maximum Gasteiger partial charge on any atom is 0.225 e. The van der Waals surface area contributed by atoms with E-state index in [9.17, 15) is 9.90 Å². The highest BCUT2D eigenvalue weighted by Gasteiger charge is 2.38. The molecule has 0 spiro atoms. The minimum atomic E-state index is -0.417. The first-order chi connectivity index (χ1) is 12.7. The van der Waals surface area contributed by atoms with E-state index >= 15 is 0 Å². The van der Waals surface area contributed by atoms with E-state index in [1.54, 1.807) is 0 Å². The Morgan fingerprint density at radius 3 is 2.12 bits per heavy atom. The van der Waals surface area contributed by atoms with E-state index in [0.29, 0.717) is 11.8 Å². The van der Waals surface area contributed by atoms with Crippen LogP contribution in [-0.4, -0.2) is 29.0 Å². The standard InChI is InChI=1S/C23H27NO2/c25-22(18-9-5-2-6-10-18)19-11-13-24(14-12-19)23(26)21-15-20(16-21)17-7-3-1-4-8-17/h1-10,19-22,25H,11-16H2/t20?,21?,22-/m1/s1. The van der Waals surface area contributed by atoms with E-state index in [4.69, 9.17) is 0 Å². The normalized spacial score (nSPS) is 24.7. The van der Waals surface area contributed by atoms with Gasteiger partial charge in [-0.15, -0.1) is 0 Å². The molecule has 26 heavy (non-hydrogen) atoms. The van der Waals surface area contributed by atoms with Crippen LogP contribution in [0.1, 0.15) is 48.8 Å². The van der Waals surface area contributed by atoms with Gasteiger partial charge >= 0.3 is 0 Å². The number of nitrogens with zero attached hydrogens (tertiary/aromatic N) is 1. The number of hydrogen-bond acceptors (Lipinski definition) is 2. The van der Waals surface area contributed by atoms with Crippen molar-refractivity contribution in [1.82, 2.24) is 4.90 Å². The Morgan fingerprint density at radius 1 is 0.923 bits per heavy atom. The summed E-state index contributed by atoms with van der Waals surface area (Å²) in [4.78, 5) is 14.8. The van der Waals surface area contributed by atoms with Gasteiger partial charge < -0.3 is 10.0 Å². The number of benzene rings is 2. The van der Waals surface area contributed by atoms with Crippen molar-refractivity contribution in [3.63, 3.8) is 0 Å². The minimum absolute atomic E-state index is 0.191. The number of carbonyl (C=O) groups is 1. The number of hydrogen-bond donors (Lipinski definition) is 1. The van der Waals surface area contributed by atoms with Crippen molar-refractivity contribution >= 4 is 5.91 Å². The lowest BCUT2D eigenvalue weighted by molar-refractivity contribution is -0.140. The smallest absolute Gasteiger partial charge is 0.225 e. The fraction of sp³-hybridized carbons (Fsp3) is 0.435. The number of aliphatic hydroxyl groups is 1. The van der Waals surface area contributed by atoms with Crippen molar-refractivity contribution < 1.29 is 9.90 Å². The quantitative estimate of drug-likeness (QED) is 0.901. The highest BCUT2D eigenvalue weighted by molar-refractivity contribution is 5.80. The Bertz CT molecular complexity index is 716. The zero-order valence-corrected chi connectivity index (χ0v) is 15.1. The van der Waals surface area contributed by atoms with Crippen molar-refractivity contribution in [2.24, 2.45) is 11.8 Å². The molecule has 4 rings (SSSR count). The Morgan fingerprint density at radius 2 is 1.50 bits per heavy atom. The highest BCUT2D eigenvalue weighted by Crippen LogP contribution is 2.43. The van der Waals surface area contributed by atoms with E-state index in [1.807, 2.05) is 41.3 Å². The van der Waals surface area contributed by atoms with E-state index < -0.39 is 6.10 Å². The molecule has 1 saturated heterocycles. The monoisotopic (exact) mass is 349 g/mol. The predicted molar refractivity (Wildman–Crippen MR) is 103 cm³/mol. The van der Waals surface area contributed by atoms with Gasteiger partial charge in [0.05, 0.1) is 6.10 Å². The summed E-state index contributed by atoms with van der Waals surface area (Å²) in [6, 6.07) is 20.4. The molecule has 1 aliphatic carbocycles. The van der Waals surface area contributed by atoms with E-state index in [0.717, 1.165) is 44.3 Å². The van der Waals surface area contributed by atoms with Gasteiger partial charge in [-0.25, -0.2) is 0 Å². The molecule has 1 amide bonds. The van der Waals surface area contributed by atoms with Crippen LogP contribution in [-0.2, 0) is 4.79 Å². The first kappa shape index (κ1) is 17.3. The Hall–Kier alpha value is -2.13. The van der Waals surface area contributed by atoms with Crippen LogP contribution in [0.3, 0.4) is 0 Å². The Labute approximate surface area is 155 Å². The molecule has 3 nitrogen and oxygen atoms in total. The number of rotatable bonds is 4. The molecule has 2 fully saturated rings. The summed E-state index contributed by atoms with van der Waals surface area (Å²) in [5, 5.41) is 10.6. The molecule has 136 valence electrons. The number of piperidine rings is 1. The summed E-state index contributed by atoms with van der Waals surface area (Å²) in [7, 11) is 0. The van der Waals surface area contributed by atoms with E-state index in [2.05, 4.69) is 24.3 Å². The number of aliphatic hydroxyl groups excluding tert-OH is 1. The molecule has 1 atom stereocenters. The maximum absolute atomic E-state index is 12.8. The van der Waals surface area contributed by atoms with E-state index in [1.165, 1.54) is 5.56 Å². The first-order valence-electron chi connectivity index (χ1n) is 9.79. The highest BCUT2D eigenvalue weighted by atomic mass is 16.3. The van der Waals surface area contributed by atoms with Crippen LogP contribution in [0.4, 0.5) is 0 Å². The predicted octanol–water partition coefficient (Wildman–Crippen LogP) is 4.15. The second kappa shape index (κ2) is 7.63. The molecule has 0 radical (unpaired) electrons. The van der Waals surface area contributed by atoms with Crippen LogP contribution < -0.4 is 0 Å². The molecule has 0 aromatic heterocycles. The summed E-state index contributed by atoms with van der Waals surface area (Å²) in [6.07, 6.45) is 3.32. The van der Waals surface area contributed by atoms with Crippen LogP contribution >= 0.6 is 0 Å². The third-order valence-electron chi connectivity index (χ3n) is 6.20. The molecule has 3 heteroatoms. The number of amides is 1. The van der Waals surface area contributed by atoms with Crippen LogP contribution in [0.2, 0.25) is 0 Å². The van der Waals surface area contributed by atoms with Gasteiger partial charge in [-0.05, 0) is 48.6 Å². The summed E-state index contributed by atoms with van der Waals surface area (Å²) in [6.45, 7) is 1.56. The molecular weight excluding hydrogens is 322 g/mol. The van der Waals surface area contributed by atoms with Crippen molar-refractivity contribution in [2.75, 3.05) is 13.1 Å². The maximum atomic E-state index is 12.8. The van der Waals surface area contributed by atoms with Gasteiger partial charge in [-0.2, -0.15) is 0 Å². The number of likely N-dealkylation sites (tertiary alicyclic amines) is 1. The van der Waals surface area contributed by atoms with Gasteiger partial charge in [0.1, 0.15) is 0 Å². The van der Waals surface area contributed by atoms with Gasteiger partial charge in [0.15, 0.2) is 0 Å². The summed E-state index contributed by atoms with van der Waals surface area (Å²) >= 11 is 0. The van der Waals surface area contributed by atoms with Gasteiger partial charge in [0.2, 0.25) is 5.91 Å². The molecule has 2 aliphatic rings. The molecule has 2 aromatic carbocycles. The Balaban J connectivity index is 1.27. The van der Waals surface area contributed by atoms with Crippen molar-refractivity contribution in [3.8, 4) is 0 Å².